The van der Waals surface area contributed by atoms with Crippen LogP contribution in [0.5, 0.6) is 5.75 Å². The molecule has 1 aromatic heterocycles. The molecule has 0 saturated carbocycles. The van der Waals surface area contributed by atoms with E-state index in [2.05, 4.69) is 31.1 Å². The van der Waals surface area contributed by atoms with Crippen molar-refractivity contribution in [3.05, 3.63) is 48.5 Å². The summed E-state index contributed by atoms with van der Waals surface area (Å²) in [6.07, 6.45) is 5.44. The van der Waals surface area contributed by atoms with Gasteiger partial charge in [-0.25, -0.2) is 4.98 Å². The van der Waals surface area contributed by atoms with Gasteiger partial charge in [-0.3, -0.25) is 4.79 Å². The highest BCUT2D eigenvalue weighted by atomic mass is 16.5. The molecule has 1 aliphatic rings. The summed E-state index contributed by atoms with van der Waals surface area (Å²) < 4.78 is 7.62. The minimum absolute atomic E-state index is 0.0111. The molecule has 0 spiro atoms. The van der Waals surface area contributed by atoms with E-state index in [0.29, 0.717) is 13.2 Å². The van der Waals surface area contributed by atoms with Crippen molar-refractivity contribution < 1.29 is 9.53 Å². The number of amides is 1. The van der Waals surface area contributed by atoms with E-state index in [1.165, 1.54) is 0 Å². The molecule has 2 unspecified atom stereocenters. The average Bonchev–Trinajstić information content (AvgIpc) is 3.14. The quantitative estimate of drug-likeness (QED) is 0.944. The molecule has 1 aliphatic heterocycles. The first-order valence-corrected chi connectivity index (χ1v) is 7.93. The number of nitrogens with one attached hydrogen (secondary N) is 1. The molecular formula is C18H23N3O2. The van der Waals surface area contributed by atoms with E-state index < -0.39 is 0 Å². The van der Waals surface area contributed by atoms with Crippen molar-refractivity contribution in [1.82, 2.24) is 14.9 Å². The van der Waals surface area contributed by atoms with Crippen molar-refractivity contribution in [1.29, 1.82) is 0 Å². The molecule has 1 amide bonds. The molecule has 122 valence electrons. The van der Waals surface area contributed by atoms with Gasteiger partial charge >= 0.3 is 0 Å². The molecule has 0 fully saturated rings. The molecule has 2 aromatic rings. The lowest BCUT2D eigenvalue weighted by atomic mass is 9.86. The second-order valence-electron chi connectivity index (χ2n) is 7.09. The fourth-order valence-corrected chi connectivity index (χ4v) is 2.79. The van der Waals surface area contributed by atoms with Gasteiger partial charge in [0.05, 0.1) is 12.4 Å². The van der Waals surface area contributed by atoms with Crippen LogP contribution in [0.15, 0.2) is 43.0 Å². The van der Waals surface area contributed by atoms with E-state index in [4.69, 9.17) is 4.74 Å². The SMILES string of the molecule is CC(C)(C)C(Cn1ccnc1)NC(=O)C1COc2ccccc21. The smallest absolute Gasteiger partial charge is 0.231 e. The van der Waals surface area contributed by atoms with E-state index in [0.717, 1.165) is 11.3 Å². The Balaban J connectivity index is 1.74. The number of ether oxygens (including phenoxy) is 1. The van der Waals surface area contributed by atoms with Crippen LogP contribution in [0.25, 0.3) is 0 Å². The molecule has 1 N–H and O–H groups in total. The highest BCUT2D eigenvalue weighted by Crippen LogP contribution is 2.34. The first-order chi connectivity index (χ1) is 10.9. The predicted molar refractivity (Wildman–Crippen MR) is 88.3 cm³/mol. The molecule has 0 bridgehead atoms. The number of nitrogens with zero attached hydrogens (tertiary/aromatic N) is 2. The maximum atomic E-state index is 12.8. The molecular weight excluding hydrogens is 290 g/mol. The van der Waals surface area contributed by atoms with Crippen LogP contribution in [0, 0.1) is 5.41 Å². The molecule has 5 heteroatoms. The number of rotatable bonds is 4. The molecule has 0 saturated heterocycles. The van der Waals surface area contributed by atoms with Crippen LogP contribution >= 0.6 is 0 Å². The minimum Gasteiger partial charge on any atom is -0.492 e. The molecule has 3 rings (SSSR count). The summed E-state index contributed by atoms with van der Waals surface area (Å²) in [5.74, 6) is 0.600. The Morgan fingerprint density at radius 3 is 2.91 bits per heavy atom. The molecule has 0 radical (unpaired) electrons. The molecule has 0 aliphatic carbocycles. The molecule has 2 heterocycles. The van der Waals surface area contributed by atoms with Gasteiger partial charge < -0.3 is 14.6 Å². The van der Waals surface area contributed by atoms with Gasteiger partial charge in [0.15, 0.2) is 0 Å². The predicted octanol–water partition coefficient (Wildman–Crippen LogP) is 2.59. The third kappa shape index (κ3) is 3.38. The highest BCUT2D eigenvalue weighted by Gasteiger charge is 2.34. The molecule has 2 atom stereocenters. The average molecular weight is 313 g/mol. The Morgan fingerprint density at radius 1 is 1.43 bits per heavy atom. The summed E-state index contributed by atoms with van der Waals surface area (Å²) in [6.45, 7) is 7.51. The first kappa shape index (κ1) is 15.6. The lowest BCUT2D eigenvalue weighted by Crippen LogP contribution is -2.48. The van der Waals surface area contributed by atoms with Crippen molar-refractivity contribution in [2.45, 2.75) is 39.3 Å². The summed E-state index contributed by atoms with van der Waals surface area (Å²) in [5.41, 5.74) is 0.916. The Kier molecular flexibility index (Phi) is 4.11. The Morgan fingerprint density at radius 2 is 2.22 bits per heavy atom. The topological polar surface area (TPSA) is 56.2 Å². The van der Waals surface area contributed by atoms with Gasteiger partial charge in [0.2, 0.25) is 5.91 Å². The van der Waals surface area contributed by atoms with Gasteiger partial charge in [-0.05, 0) is 11.5 Å². The zero-order chi connectivity index (χ0) is 16.4. The van der Waals surface area contributed by atoms with E-state index in [1.54, 1.807) is 12.5 Å². The maximum Gasteiger partial charge on any atom is 0.231 e. The first-order valence-electron chi connectivity index (χ1n) is 7.93. The summed E-state index contributed by atoms with van der Waals surface area (Å²) in [4.78, 5) is 16.9. The van der Waals surface area contributed by atoms with Gasteiger partial charge in [0.25, 0.3) is 0 Å². The number of aromatic nitrogens is 2. The number of hydrogen-bond donors (Lipinski definition) is 1. The lowest BCUT2D eigenvalue weighted by Gasteiger charge is -2.32. The number of carbonyl (C=O) groups is 1. The molecule has 23 heavy (non-hydrogen) atoms. The van der Waals surface area contributed by atoms with Gasteiger partial charge in [0, 0.05) is 24.5 Å². The molecule has 1 aromatic carbocycles. The Labute approximate surface area is 136 Å². The number of para-hydroxylation sites is 1. The maximum absolute atomic E-state index is 12.8. The summed E-state index contributed by atoms with van der Waals surface area (Å²) >= 11 is 0. The van der Waals surface area contributed by atoms with Crippen molar-refractivity contribution in [2.75, 3.05) is 6.61 Å². The van der Waals surface area contributed by atoms with Gasteiger partial charge in [-0.2, -0.15) is 0 Å². The number of carbonyl (C=O) groups excluding carboxylic acids is 1. The van der Waals surface area contributed by atoms with Crippen molar-refractivity contribution in [2.24, 2.45) is 5.41 Å². The van der Waals surface area contributed by atoms with E-state index in [1.807, 2.05) is 35.0 Å². The van der Waals surface area contributed by atoms with Crippen LogP contribution in [-0.2, 0) is 11.3 Å². The van der Waals surface area contributed by atoms with Gasteiger partial charge in [0.1, 0.15) is 18.3 Å². The standard InChI is InChI=1S/C18H23N3O2/c1-18(2,3)16(10-21-9-8-19-12-21)20-17(22)14-11-23-15-7-5-4-6-13(14)15/h4-9,12,14,16H,10-11H2,1-3H3,(H,20,22). The van der Waals surface area contributed by atoms with Crippen molar-refractivity contribution in [3.8, 4) is 5.75 Å². The van der Waals surface area contributed by atoms with E-state index in [-0.39, 0.29) is 23.3 Å². The van der Waals surface area contributed by atoms with Crippen molar-refractivity contribution in [3.63, 3.8) is 0 Å². The monoisotopic (exact) mass is 313 g/mol. The van der Waals surface area contributed by atoms with E-state index >= 15 is 0 Å². The zero-order valence-electron chi connectivity index (χ0n) is 13.8. The largest absolute Gasteiger partial charge is 0.492 e. The summed E-state index contributed by atoms with van der Waals surface area (Å²) in [7, 11) is 0. The number of hydrogen-bond acceptors (Lipinski definition) is 3. The second-order valence-corrected chi connectivity index (χ2v) is 7.09. The fourth-order valence-electron chi connectivity index (χ4n) is 2.79. The van der Waals surface area contributed by atoms with Crippen LogP contribution in [0.3, 0.4) is 0 Å². The third-order valence-corrected chi connectivity index (χ3v) is 4.33. The normalized spacial score (nSPS) is 18.1. The van der Waals surface area contributed by atoms with Crippen LogP contribution < -0.4 is 10.1 Å². The van der Waals surface area contributed by atoms with Gasteiger partial charge in [-0.15, -0.1) is 0 Å². The summed E-state index contributed by atoms with van der Waals surface area (Å²) in [5, 5.41) is 3.21. The van der Waals surface area contributed by atoms with Crippen molar-refractivity contribution >= 4 is 5.91 Å². The van der Waals surface area contributed by atoms with Crippen LogP contribution in [0.4, 0.5) is 0 Å². The third-order valence-electron chi connectivity index (χ3n) is 4.33. The van der Waals surface area contributed by atoms with Crippen LogP contribution in [0.2, 0.25) is 0 Å². The lowest BCUT2D eigenvalue weighted by molar-refractivity contribution is -0.124. The van der Waals surface area contributed by atoms with E-state index in [9.17, 15) is 4.79 Å². The zero-order valence-corrected chi connectivity index (χ0v) is 13.8. The Bertz CT molecular complexity index is 674. The fraction of sp³-hybridized carbons (Fsp3) is 0.444. The van der Waals surface area contributed by atoms with Crippen LogP contribution in [-0.4, -0.2) is 28.1 Å². The summed E-state index contributed by atoms with van der Waals surface area (Å²) in [6, 6.07) is 7.76. The second kappa shape index (κ2) is 6.07. The number of imidazole rings is 1. The van der Waals surface area contributed by atoms with Gasteiger partial charge in [-0.1, -0.05) is 39.0 Å². The number of benzene rings is 1. The van der Waals surface area contributed by atoms with Crippen LogP contribution in [0.1, 0.15) is 32.3 Å². The minimum atomic E-state index is -0.237. The highest BCUT2D eigenvalue weighted by molar-refractivity contribution is 5.85. The number of fused-ring (bicyclic) bond motifs is 1. The molecule has 5 nitrogen and oxygen atoms in total. The Hall–Kier alpha value is -2.30.